The number of benzene rings is 1. The summed E-state index contributed by atoms with van der Waals surface area (Å²) in [5.74, 6) is 0.432. The van der Waals surface area contributed by atoms with Crippen LogP contribution in [-0.2, 0) is 24.3 Å². The van der Waals surface area contributed by atoms with E-state index in [1.807, 2.05) is 38.1 Å². The van der Waals surface area contributed by atoms with E-state index in [2.05, 4.69) is 16.9 Å². The van der Waals surface area contributed by atoms with E-state index in [1.54, 1.807) is 10.9 Å². The van der Waals surface area contributed by atoms with Crippen molar-refractivity contribution in [1.29, 1.82) is 0 Å². The molecule has 1 atom stereocenters. The fraction of sp³-hybridized carbons (Fsp3) is 0.455. The molecule has 7 nitrogen and oxygen atoms in total. The molecule has 0 bridgehead atoms. The number of aromatic nitrogens is 4. The summed E-state index contributed by atoms with van der Waals surface area (Å²) < 4.78 is 3.21. The van der Waals surface area contributed by atoms with E-state index in [4.69, 9.17) is 0 Å². The van der Waals surface area contributed by atoms with Gasteiger partial charge in [0, 0.05) is 18.9 Å². The van der Waals surface area contributed by atoms with Gasteiger partial charge in [-0.05, 0) is 30.9 Å². The lowest BCUT2D eigenvalue weighted by atomic mass is 9.96. The summed E-state index contributed by atoms with van der Waals surface area (Å²) in [6, 6.07) is 7.89. The molecule has 2 heterocycles. The Balaban J connectivity index is 1.75. The van der Waals surface area contributed by atoms with E-state index in [0.29, 0.717) is 36.5 Å². The summed E-state index contributed by atoms with van der Waals surface area (Å²) >= 11 is 0. The fourth-order valence-electron chi connectivity index (χ4n) is 3.61. The van der Waals surface area contributed by atoms with Crippen molar-refractivity contribution in [3.8, 4) is 0 Å². The molecule has 0 unspecified atom stereocenters. The summed E-state index contributed by atoms with van der Waals surface area (Å²) in [6.07, 6.45) is 4.81. The zero-order valence-electron chi connectivity index (χ0n) is 17.3. The predicted molar refractivity (Wildman–Crippen MR) is 113 cm³/mol. The highest BCUT2D eigenvalue weighted by atomic mass is 16.2. The Morgan fingerprint density at radius 2 is 1.83 bits per heavy atom. The van der Waals surface area contributed by atoms with Gasteiger partial charge in [0.25, 0.3) is 5.56 Å². The molecular weight excluding hydrogens is 368 g/mol. The number of ketones is 1. The molecule has 2 aromatic heterocycles. The first kappa shape index (κ1) is 20.8. The van der Waals surface area contributed by atoms with E-state index in [0.717, 1.165) is 30.4 Å². The van der Waals surface area contributed by atoms with Crippen LogP contribution in [0.25, 0.3) is 11.2 Å². The molecule has 1 aromatic carbocycles. The number of Topliss-reactive ketones (excluding diaryl/α,β-unsaturated/α-hetero) is 1. The standard InChI is InChI=1S/C22H28N4O3/c1-4-6-15(3)18(27)12-11-16-7-9-17(10-8-16)13-26-20-19(21(28)24-22(26)29)25(5-2)14-23-20/h7-10,14-15H,4-6,11-13H2,1-3H3,(H,24,28,29)/t15-/m1/s1. The van der Waals surface area contributed by atoms with Crippen LogP contribution in [0, 0.1) is 5.92 Å². The van der Waals surface area contributed by atoms with Crippen LogP contribution < -0.4 is 11.2 Å². The average Bonchev–Trinajstić information content (AvgIpc) is 3.15. The Morgan fingerprint density at radius 3 is 2.48 bits per heavy atom. The summed E-state index contributed by atoms with van der Waals surface area (Å²) in [5.41, 5.74) is 1.94. The molecule has 154 valence electrons. The van der Waals surface area contributed by atoms with Crippen LogP contribution in [0.2, 0.25) is 0 Å². The summed E-state index contributed by atoms with van der Waals surface area (Å²) in [7, 11) is 0. The number of hydrogen-bond acceptors (Lipinski definition) is 4. The number of carbonyl (C=O) groups excluding carboxylic acids is 1. The largest absolute Gasteiger partial charge is 0.330 e. The number of aromatic amines is 1. The molecule has 29 heavy (non-hydrogen) atoms. The Labute approximate surface area is 169 Å². The third-order valence-corrected chi connectivity index (χ3v) is 5.39. The monoisotopic (exact) mass is 396 g/mol. The van der Waals surface area contributed by atoms with Gasteiger partial charge in [0.1, 0.15) is 5.78 Å². The van der Waals surface area contributed by atoms with Crippen LogP contribution in [0.1, 0.15) is 51.2 Å². The number of H-pyrrole nitrogens is 1. The van der Waals surface area contributed by atoms with Crippen LogP contribution in [0.3, 0.4) is 0 Å². The molecule has 0 saturated carbocycles. The number of imidazole rings is 1. The third-order valence-electron chi connectivity index (χ3n) is 5.39. The van der Waals surface area contributed by atoms with Crippen LogP contribution in [0.15, 0.2) is 40.2 Å². The molecule has 1 N–H and O–H groups in total. The highest BCUT2D eigenvalue weighted by Crippen LogP contribution is 2.14. The van der Waals surface area contributed by atoms with E-state index < -0.39 is 11.2 Å². The number of hydrogen-bond donors (Lipinski definition) is 1. The Morgan fingerprint density at radius 1 is 1.14 bits per heavy atom. The van der Waals surface area contributed by atoms with Gasteiger partial charge in [0.05, 0.1) is 12.9 Å². The van der Waals surface area contributed by atoms with Gasteiger partial charge in [-0.2, -0.15) is 0 Å². The van der Waals surface area contributed by atoms with Gasteiger partial charge in [0.15, 0.2) is 11.2 Å². The van der Waals surface area contributed by atoms with Crippen LogP contribution in [0.5, 0.6) is 0 Å². The number of nitrogens with one attached hydrogen (secondary N) is 1. The first-order chi connectivity index (χ1) is 13.9. The highest BCUT2D eigenvalue weighted by Gasteiger charge is 2.14. The van der Waals surface area contributed by atoms with Crippen LogP contribution in [0.4, 0.5) is 0 Å². The predicted octanol–water partition coefficient (Wildman–Crippen LogP) is 2.89. The van der Waals surface area contributed by atoms with Crippen molar-refractivity contribution in [2.75, 3.05) is 0 Å². The number of aryl methyl sites for hydroxylation is 2. The average molecular weight is 396 g/mol. The fourth-order valence-corrected chi connectivity index (χ4v) is 3.61. The first-order valence-electron chi connectivity index (χ1n) is 10.2. The number of rotatable bonds is 9. The summed E-state index contributed by atoms with van der Waals surface area (Å²) in [5, 5.41) is 0. The third kappa shape index (κ3) is 4.55. The quantitative estimate of drug-likeness (QED) is 0.602. The second-order valence-electron chi connectivity index (χ2n) is 7.52. The maximum Gasteiger partial charge on any atom is 0.330 e. The lowest BCUT2D eigenvalue weighted by molar-refractivity contribution is -0.122. The molecule has 0 radical (unpaired) electrons. The Kier molecular flexibility index (Phi) is 6.46. The Bertz CT molecular complexity index is 1110. The number of fused-ring (bicyclic) bond motifs is 1. The molecular formula is C22H28N4O3. The maximum atomic E-state index is 12.3. The zero-order chi connectivity index (χ0) is 21.0. The van der Waals surface area contributed by atoms with Crippen LogP contribution >= 0.6 is 0 Å². The van der Waals surface area contributed by atoms with Crippen molar-refractivity contribution < 1.29 is 4.79 Å². The number of carbonyl (C=O) groups is 1. The first-order valence-corrected chi connectivity index (χ1v) is 10.2. The molecule has 3 rings (SSSR count). The van der Waals surface area contributed by atoms with Crippen molar-refractivity contribution in [1.82, 2.24) is 19.1 Å². The van der Waals surface area contributed by atoms with Crippen molar-refractivity contribution in [2.24, 2.45) is 5.92 Å². The van der Waals surface area contributed by atoms with E-state index in [9.17, 15) is 14.4 Å². The minimum atomic E-state index is -0.469. The molecule has 0 aliphatic rings. The summed E-state index contributed by atoms with van der Waals surface area (Å²) in [6.45, 7) is 6.93. The van der Waals surface area contributed by atoms with Gasteiger partial charge >= 0.3 is 5.69 Å². The minimum absolute atomic E-state index is 0.122. The summed E-state index contributed by atoms with van der Waals surface area (Å²) in [4.78, 5) is 43.3. The van der Waals surface area contributed by atoms with Gasteiger partial charge in [-0.25, -0.2) is 9.78 Å². The number of nitrogens with zero attached hydrogens (tertiary/aromatic N) is 3. The molecule has 0 spiro atoms. The topological polar surface area (TPSA) is 89.8 Å². The molecule has 0 fully saturated rings. The van der Waals surface area contributed by atoms with E-state index in [1.165, 1.54) is 4.57 Å². The van der Waals surface area contributed by atoms with Gasteiger partial charge in [-0.3, -0.25) is 19.1 Å². The van der Waals surface area contributed by atoms with Gasteiger partial charge in [-0.15, -0.1) is 0 Å². The van der Waals surface area contributed by atoms with Crippen molar-refractivity contribution in [2.45, 2.75) is 59.5 Å². The molecule has 3 aromatic rings. The van der Waals surface area contributed by atoms with Gasteiger partial charge < -0.3 is 4.57 Å². The van der Waals surface area contributed by atoms with E-state index >= 15 is 0 Å². The maximum absolute atomic E-state index is 12.3. The second-order valence-corrected chi connectivity index (χ2v) is 7.52. The second kappa shape index (κ2) is 9.03. The molecule has 0 aliphatic heterocycles. The van der Waals surface area contributed by atoms with Gasteiger partial charge in [-0.1, -0.05) is 44.5 Å². The SMILES string of the molecule is CCC[C@@H](C)C(=O)CCc1ccc(Cn2c(=O)[nH]c(=O)c3c2ncn3CC)cc1. The smallest absolute Gasteiger partial charge is 0.325 e. The lowest BCUT2D eigenvalue weighted by Gasteiger charge is -2.10. The van der Waals surface area contributed by atoms with Gasteiger partial charge in [0.2, 0.25) is 0 Å². The highest BCUT2D eigenvalue weighted by molar-refractivity contribution is 5.80. The van der Waals surface area contributed by atoms with Crippen molar-refractivity contribution in [3.63, 3.8) is 0 Å². The minimum Gasteiger partial charge on any atom is -0.325 e. The normalized spacial score (nSPS) is 12.4. The molecule has 0 saturated heterocycles. The van der Waals surface area contributed by atoms with Crippen molar-refractivity contribution in [3.05, 3.63) is 62.6 Å². The molecule has 0 amide bonds. The Hall–Kier alpha value is -2.96. The lowest BCUT2D eigenvalue weighted by Crippen LogP contribution is -2.31. The molecule has 7 heteroatoms. The van der Waals surface area contributed by atoms with E-state index in [-0.39, 0.29) is 5.92 Å². The van der Waals surface area contributed by atoms with Crippen LogP contribution in [-0.4, -0.2) is 24.9 Å². The molecule has 0 aliphatic carbocycles. The van der Waals surface area contributed by atoms with Crippen molar-refractivity contribution >= 4 is 16.9 Å². The zero-order valence-corrected chi connectivity index (χ0v) is 17.3.